The second kappa shape index (κ2) is 3.70. The number of carbonyl (C=O) groups is 1. The lowest BCUT2D eigenvalue weighted by molar-refractivity contribution is -0.138. The minimum atomic E-state index is -4.67. The van der Waals surface area contributed by atoms with Crippen LogP contribution < -0.4 is 5.32 Å². The standard InChI is InChI=1S/C12H11F4NO/c1-11(2)10(18)5-7-8(12(14,15)16)3-6(13)4-9(7)17-11/h3-4,17H,5H2,1-2H3. The Kier molecular flexibility index (Phi) is 2.64. The van der Waals surface area contributed by atoms with Gasteiger partial charge in [0.05, 0.1) is 11.1 Å². The molecule has 0 amide bonds. The number of rotatable bonds is 0. The maximum absolute atomic E-state index is 13.2. The number of nitrogens with one attached hydrogen (secondary N) is 1. The zero-order chi connectivity index (χ0) is 13.7. The average molecular weight is 261 g/mol. The van der Waals surface area contributed by atoms with E-state index in [1.54, 1.807) is 13.8 Å². The van der Waals surface area contributed by atoms with Gasteiger partial charge in [0.15, 0.2) is 5.78 Å². The Hall–Kier alpha value is -1.59. The van der Waals surface area contributed by atoms with Crippen molar-refractivity contribution in [2.75, 3.05) is 5.32 Å². The van der Waals surface area contributed by atoms with Crippen LogP contribution in [0.1, 0.15) is 25.0 Å². The van der Waals surface area contributed by atoms with Crippen molar-refractivity contribution in [3.8, 4) is 0 Å². The van der Waals surface area contributed by atoms with Crippen molar-refractivity contribution in [1.82, 2.24) is 0 Å². The molecule has 2 nitrogen and oxygen atoms in total. The molecule has 0 atom stereocenters. The predicted octanol–water partition coefficient (Wildman–Crippen LogP) is 3.16. The third-order valence-corrected chi connectivity index (χ3v) is 3.00. The number of ketones is 1. The van der Waals surface area contributed by atoms with Crippen LogP contribution in [0.2, 0.25) is 0 Å². The Bertz CT molecular complexity index is 520. The summed E-state index contributed by atoms with van der Waals surface area (Å²) in [5, 5.41) is 2.65. The first-order valence-corrected chi connectivity index (χ1v) is 5.32. The van der Waals surface area contributed by atoms with Crippen LogP contribution in [-0.4, -0.2) is 11.3 Å². The molecule has 0 aliphatic carbocycles. The number of halogens is 4. The van der Waals surface area contributed by atoms with Gasteiger partial charge in [0.25, 0.3) is 0 Å². The van der Waals surface area contributed by atoms with Crippen LogP contribution in [0.15, 0.2) is 12.1 Å². The molecule has 1 aromatic carbocycles. The molecular weight excluding hydrogens is 250 g/mol. The Morgan fingerprint density at radius 2 is 1.89 bits per heavy atom. The normalized spacial score (nSPS) is 18.2. The van der Waals surface area contributed by atoms with E-state index in [1.165, 1.54) is 0 Å². The quantitative estimate of drug-likeness (QED) is 0.727. The summed E-state index contributed by atoms with van der Waals surface area (Å²) in [6, 6.07) is 1.41. The molecule has 1 aliphatic heterocycles. The van der Waals surface area contributed by atoms with Gasteiger partial charge in [0.2, 0.25) is 0 Å². The van der Waals surface area contributed by atoms with E-state index in [0.717, 1.165) is 6.07 Å². The molecule has 0 aromatic heterocycles. The van der Waals surface area contributed by atoms with Crippen molar-refractivity contribution in [2.24, 2.45) is 0 Å². The van der Waals surface area contributed by atoms with Crippen LogP contribution in [0.4, 0.5) is 23.2 Å². The molecular formula is C12H11F4NO. The molecule has 1 N–H and O–H groups in total. The summed E-state index contributed by atoms with van der Waals surface area (Å²) >= 11 is 0. The van der Waals surface area contributed by atoms with Gasteiger partial charge in [-0.15, -0.1) is 0 Å². The van der Waals surface area contributed by atoms with Gasteiger partial charge < -0.3 is 5.32 Å². The lowest BCUT2D eigenvalue weighted by Gasteiger charge is -2.33. The minimum absolute atomic E-state index is 0.0342. The van der Waals surface area contributed by atoms with Crippen LogP contribution in [0.25, 0.3) is 0 Å². The van der Waals surface area contributed by atoms with Crippen molar-refractivity contribution in [1.29, 1.82) is 0 Å². The van der Waals surface area contributed by atoms with Crippen molar-refractivity contribution in [3.05, 3.63) is 29.1 Å². The molecule has 6 heteroatoms. The average Bonchev–Trinajstić information content (AvgIpc) is 2.17. The number of benzene rings is 1. The number of hydrogen-bond acceptors (Lipinski definition) is 2. The predicted molar refractivity (Wildman–Crippen MR) is 57.8 cm³/mol. The molecule has 2 rings (SSSR count). The van der Waals surface area contributed by atoms with Gasteiger partial charge in [-0.3, -0.25) is 4.79 Å². The summed E-state index contributed by atoms with van der Waals surface area (Å²) in [5.74, 6) is -1.33. The third-order valence-electron chi connectivity index (χ3n) is 3.00. The van der Waals surface area contributed by atoms with Gasteiger partial charge in [0, 0.05) is 12.1 Å². The smallest absolute Gasteiger partial charge is 0.373 e. The van der Waals surface area contributed by atoms with E-state index >= 15 is 0 Å². The fraction of sp³-hybridized carbons (Fsp3) is 0.417. The first-order valence-electron chi connectivity index (χ1n) is 5.32. The van der Waals surface area contributed by atoms with Gasteiger partial charge >= 0.3 is 6.18 Å². The Balaban J connectivity index is 2.62. The number of hydrogen-bond donors (Lipinski definition) is 1. The maximum atomic E-state index is 13.2. The zero-order valence-electron chi connectivity index (χ0n) is 9.78. The summed E-state index contributed by atoms with van der Waals surface area (Å²) in [5.41, 5.74) is -2.22. The molecule has 0 fully saturated rings. The summed E-state index contributed by atoms with van der Waals surface area (Å²) in [4.78, 5) is 11.7. The summed E-state index contributed by atoms with van der Waals surface area (Å²) in [6.45, 7) is 3.10. The highest BCUT2D eigenvalue weighted by Gasteiger charge is 2.40. The van der Waals surface area contributed by atoms with Crippen LogP contribution >= 0.6 is 0 Å². The number of Topliss-reactive ketones (excluding diaryl/α,β-unsaturated/α-hetero) is 1. The van der Waals surface area contributed by atoms with Crippen LogP contribution in [0.3, 0.4) is 0 Å². The van der Waals surface area contributed by atoms with Gasteiger partial charge in [-0.25, -0.2) is 4.39 Å². The van der Waals surface area contributed by atoms with E-state index in [0.29, 0.717) is 6.07 Å². The Morgan fingerprint density at radius 3 is 2.44 bits per heavy atom. The second-order valence-corrected chi connectivity index (χ2v) is 4.83. The summed E-state index contributed by atoms with van der Waals surface area (Å²) in [6.07, 6.45) is -5.01. The van der Waals surface area contributed by atoms with Crippen LogP contribution in [0.5, 0.6) is 0 Å². The minimum Gasteiger partial charge on any atom is -0.373 e. The van der Waals surface area contributed by atoms with Gasteiger partial charge in [-0.2, -0.15) is 13.2 Å². The van der Waals surface area contributed by atoms with Crippen molar-refractivity contribution < 1.29 is 22.4 Å². The molecule has 0 radical (unpaired) electrons. The molecule has 1 heterocycles. The highest BCUT2D eigenvalue weighted by molar-refractivity contribution is 5.96. The number of anilines is 1. The fourth-order valence-corrected chi connectivity index (χ4v) is 1.98. The number of carbonyl (C=O) groups excluding carboxylic acids is 1. The highest BCUT2D eigenvalue weighted by atomic mass is 19.4. The van der Waals surface area contributed by atoms with Crippen molar-refractivity contribution >= 4 is 11.5 Å². The lowest BCUT2D eigenvalue weighted by atomic mass is 9.86. The topological polar surface area (TPSA) is 29.1 Å². The van der Waals surface area contributed by atoms with E-state index in [9.17, 15) is 22.4 Å². The van der Waals surface area contributed by atoms with E-state index in [2.05, 4.69) is 5.32 Å². The van der Waals surface area contributed by atoms with Crippen molar-refractivity contribution in [3.63, 3.8) is 0 Å². The Labute approximate surface area is 101 Å². The molecule has 18 heavy (non-hydrogen) atoms. The second-order valence-electron chi connectivity index (χ2n) is 4.83. The molecule has 0 bridgehead atoms. The molecule has 1 aliphatic rings. The maximum Gasteiger partial charge on any atom is 0.416 e. The molecule has 0 unspecified atom stereocenters. The molecule has 0 saturated carbocycles. The van der Waals surface area contributed by atoms with Gasteiger partial charge in [-0.1, -0.05) is 0 Å². The van der Waals surface area contributed by atoms with E-state index in [1.807, 2.05) is 0 Å². The number of fused-ring (bicyclic) bond motifs is 1. The van der Waals surface area contributed by atoms with Gasteiger partial charge in [0.1, 0.15) is 5.82 Å². The van der Waals surface area contributed by atoms with E-state index < -0.39 is 23.1 Å². The van der Waals surface area contributed by atoms with Crippen LogP contribution in [-0.2, 0) is 17.4 Å². The SMILES string of the molecule is CC1(C)Nc2cc(F)cc(C(F)(F)F)c2CC1=O. The fourth-order valence-electron chi connectivity index (χ4n) is 1.98. The van der Waals surface area contributed by atoms with E-state index in [4.69, 9.17) is 0 Å². The van der Waals surface area contributed by atoms with Crippen molar-refractivity contribution in [2.45, 2.75) is 32.0 Å². The van der Waals surface area contributed by atoms with Gasteiger partial charge in [-0.05, 0) is 31.5 Å². The molecule has 0 saturated heterocycles. The monoisotopic (exact) mass is 261 g/mol. The lowest BCUT2D eigenvalue weighted by Crippen LogP contribution is -2.45. The summed E-state index contributed by atoms with van der Waals surface area (Å²) < 4.78 is 51.5. The first kappa shape index (κ1) is 12.9. The molecule has 0 spiro atoms. The number of alkyl halides is 3. The molecule has 1 aromatic rings. The first-order chi connectivity index (χ1) is 8.11. The molecule has 98 valence electrons. The largest absolute Gasteiger partial charge is 0.416 e. The zero-order valence-corrected chi connectivity index (χ0v) is 9.78. The van der Waals surface area contributed by atoms with E-state index in [-0.39, 0.29) is 23.5 Å². The Morgan fingerprint density at radius 1 is 1.28 bits per heavy atom. The third kappa shape index (κ3) is 2.07. The highest BCUT2D eigenvalue weighted by Crippen LogP contribution is 2.39. The van der Waals surface area contributed by atoms with Crippen LogP contribution in [0, 0.1) is 5.82 Å². The summed E-state index contributed by atoms with van der Waals surface area (Å²) in [7, 11) is 0.